The van der Waals surface area contributed by atoms with Crippen molar-refractivity contribution in [1.29, 1.82) is 0 Å². The number of imidazole rings is 1. The molecule has 1 saturated carbocycles. The van der Waals surface area contributed by atoms with Crippen molar-refractivity contribution in [2.75, 3.05) is 6.61 Å². The molecular formula is C23H31F2N2O3+. The topological polar surface area (TPSA) is 55.3 Å². The molecule has 164 valence electrons. The summed E-state index contributed by atoms with van der Waals surface area (Å²) < 4.78 is 37.3. The SMILES string of the molecule is CCC[n+]1ccn(CCCOC(=O)[C@](O)(c2ccccc2)[C@H]2CCC(F)(F)C2)c1C. The molecule has 3 rings (SSSR count). The standard InChI is InChI=1S/C23H31F2N2O3/c1-3-12-26-14-15-27(18(26)2)13-7-16-30-21(28)23(29,19-8-5-4-6-9-19)20-10-11-22(24,25)17-20/h4-6,8-9,14-15,20,29H,3,7,10-13,16-17H2,1-2H3/q+1/t20-,23-/m0/s1. The molecule has 0 amide bonds. The number of carbonyl (C=O) groups excluding carboxylic acids is 1. The number of halogens is 2. The molecule has 2 atom stereocenters. The summed E-state index contributed by atoms with van der Waals surface area (Å²) in [5.41, 5.74) is -1.76. The Balaban J connectivity index is 1.64. The molecule has 0 spiro atoms. The van der Waals surface area contributed by atoms with E-state index in [1.807, 2.05) is 19.3 Å². The number of aromatic nitrogens is 2. The first-order valence-electron chi connectivity index (χ1n) is 10.7. The molecule has 1 aliphatic carbocycles. The van der Waals surface area contributed by atoms with Gasteiger partial charge in [0.2, 0.25) is 5.92 Å². The van der Waals surface area contributed by atoms with E-state index in [9.17, 15) is 18.7 Å². The zero-order valence-electron chi connectivity index (χ0n) is 17.7. The third-order valence-corrected chi connectivity index (χ3v) is 6.02. The lowest BCUT2D eigenvalue weighted by Gasteiger charge is -2.32. The van der Waals surface area contributed by atoms with E-state index in [1.54, 1.807) is 30.3 Å². The van der Waals surface area contributed by atoms with E-state index >= 15 is 0 Å². The van der Waals surface area contributed by atoms with Gasteiger partial charge in [-0.15, -0.1) is 0 Å². The van der Waals surface area contributed by atoms with Crippen molar-refractivity contribution in [3.05, 3.63) is 54.1 Å². The van der Waals surface area contributed by atoms with Gasteiger partial charge in [-0.3, -0.25) is 0 Å². The van der Waals surface area contributed by atoms with E-state index in [0.717, 1.165) is 18.8 Å². The highest BCUT2D eigenvalue weighted by Gasteiger charge is 2.54. The molecule has 1 aliphatic rings. The van der Waals surface area contributed by atoms with Crippen LogP contribution in [0, 0.1) is 12.8 Å². The number of rotatable bonds is 9. The molecule has 1 aromatic heterocycles. The van der Waals surface area contributed by atoms with E-state index < -0.39 is 29.8 Å². The van der Waals surface area contributed by atoms with Crippen LogP contribution >= 0.6 is 0 Å². The van der Waals surface area contributed by atoms with Crippen molar-refractivity contribution in [3.63, 3.8) is 0 Å². The van der Waals surface area contributed by atoms with Crippen molar-refractivity contribution in [1.82, 2.24) is 4.57 Å². The Bertz CT molecular complexity index is 853. The molecule has 30 heavy (non-hydrogen) atoms. The summed E-state index contributed by atoms with van der Waals surface area (Å²) in [6.07, 6.45) is 4.86. The van der Waals surface area contributed by atoms with Gasteiger partial charge in [-0.1, -0.05) is 37.3 Å². The van der Waals surface area contributed by atoms with E-state index in [-0.39, 0.29) is 19.4 Å². The Labute approximate surface area is 176 Å². The number of benzene rings is 1. The van der Waals surface area contributed by atoms with Gasteiger partial charge in [0.1, 0.15) is 12.4 Å². The van der Waals surface area contributed by atoms with Gasteiger partial charge in [-0.2, -0.15) is 0 Å². The van der Waals surface area contributed by atoms with Crippen LogP contribution in [0.1, 0.15) is 50.4 Å². The van der Waals surface area contributed by atoms with Gasteiger partial charge in [0.15, 0.2) is 5.60 Å². The quantitative estimate of drug-likeness (QED) is 0.381. The number of alkyl halides is 2. The number of esters is 1. The van der Waals surface area contributed by atoms with E-state index in [4.69, 9.17) is 4.74 Å². The third kappa shape index (κ3) is 4.72. The lowest BCUT2D eigenvalue weighted by Crippen LogP contribution is -2.44. The Kier molecular flexibility index (Phi) is 6.91. The molecule has 1 fully saturated rings. The van der Waals surface area contributed by atoms with Crippen LogP contribution in [-0.4, -0.2) is 28.2 Å². The normalized spacial score (nSPS) is 20.1. The van der Waals surface area contributed by atoms with Crippen LogP contribution in [0.3, 0.4) is 0 Å². The molecule has 0 unspecified atom stereocenters. The van der Waals surface area contributed by atoms with Gasteiger partial charge in [0.25, 0.3) is 5.82 Å². The lowest BCUT2D eigenvalue weighted by molar-refractivity contribution is -0.702. The monoisotopic (exact) mass is 421 g/mol. The van der Waals surface area contributed by atoms with E-state index in [2.05, 4.69) is 16.1 Å². The predicted octanol–water partition coefficient (Wildman–Crippen LogP) is 3.75. The average molecular weight is 422 g/mol. The summed E-state index contributed by atoms with van der Waals surface area (Å²) in [5, 5.41) is 11.3. The third-order valence-electron chi connectivity index (χ3n) is 6.02. The second-order valence-corrected chi connectivity index (χ2v) is 8.15. The first-order chi connectivity index (χ1) is 14.3. The molecule has 1 N–H and O–H groups in total. The maximum absolute atomic E-state index is 13.8. The number of hydrogen-bond acceptors (Lipinski definition) is 3. The molecular weight excluding hydrogens is 390 g/mol. The van der Waals surface area contributed by atoms with Crippen LogP contribution < -0.4 is 4.57 Å². The van der Waals surface area contributed by atoms with Crippen LogP contribution in [0.15, 0.2) is 42.7 Å². The van der Waals surface area contributed by atoms with Gasteiger partial charge in [-0.05, 0) is 18.4 Å². The minimum Gasteiger partial charge on any atom is -0.463 e. The van der Waals surface area contributed by atoms with Crippen LogP contribution in [-0.2, 0) is 28.2 Å². The summed E-state index contributed by atoms with van der Waals surface area (Å²) in [6, 6.07) is 8.30. The molecule has 0 saturated heterocycles. The summed E-state index contributed by atoms with van der Waals surface area (Å²) in [5.74, 6) is -3.46. The van der Waals surface area contributed by atoms with Crippen molar-refractivity contribution in [3.8, 4) is 0 Å². The predicted molar refractivity (Wildman–Crippen MR) is 108 cm³/mol. The molecule has 1 aromatic carbocycles. The molecule has 0 bridgehead atoms. The molecule has 2 aromatic rings. The zero-order chi connectivity index (χ0) is 21.8. The highest BCUT2D eigenvalue weighted by atomic mass is 19.3. The average Bonchev–Trinajstić information content (AvgIpc) is 3.28. The molecule has 0 aliphatic heterocycles. The van der Waals surface area contributed by atoms with Crippen LogP contribution in [0.4, 0.5) is 8.78 Å². The highest BCUT2D eigenvalue weighted by molar-refractivity contribution is 5.81. The van der Waals surface area contributed by atoms with Gasteiger partial charge in [-0.25, -0.2) is 22.7 Å². The number of ether oxygens (including phenoxy) is 1. The maximum atomic E-state index is 13.8. The number of hydrogen-bond donors (Lipinski definition) is 1. The lowest BCUT2D eigenvalue weighted by atomic mass is 9.80. The minimum absolute atomic E-state index is 0.0769. The Hall–Kier alpha value is -2.28. The first kappa shape index (κ1) is 22.4. The minimum atomic E-state index is -2.87. The van der Waals surface area contributed by atoms with E-state index in [1.165, 1.54) is 0 Å². The Morgan fingerprint density at radius 1 is 1.37 bits per heavy atom. The van der Waals surface area contributed by atoms with E-state index in [0.29, 0.717) is 18.5 Å². The summed E-state index contributed by atoms with van der Waals surface area (Å²) in [6.45, 7) is 5.89. The van der Waals surface area contributed by atoms with Crippen LogP contribution in [0.5, 0.6) is 0 Å². The fourth-order valence-electron chi connectivity index (χ4n) is 4.28. The molecule has 7 heteroatoms. The highest BCUT2D eigenvalue weighted by Crippen LogP contribution is 2.47. The van der Waals surface area contributed by atoms with Gasteiger partial charge >= 0.3 is 5.97 Å². The Morgan fingerprint density at radius 3 is 2.73 bits per heavy atom. The molecule has 1 heterocycles. The van der Waals surface area contributed by atoms with Crippen LogP contribution in [0.25, 0.3) is 0 Å². The second kappa shape index (κ2) is 9.25. The van der Waals surface area contributed by atoms with Crippen LogP contribution in [0.2, 0.25) is 0 Å². The summed E-state index contributed by atoms with van der Waals surface area (Å²) >= 11 is 0. The number of carbonyl (C=O) groups is 1. The van der Waals surface area contributed by atoms with Crippen molar-refractivity contribution < 1.29 is 28.0 Å². The first-order valence-corrected chi connectivity index (χ1v) is 10.7. The largest absolute Gasteiger partial charge is 0.463 e. The van der Waals surface area contributed by atoms with Gasteiger partial charge < -0.3 is 9.84 Å². The number of aliphatic hydroxyl groups is 1. The van der Waals surface area contributed by atoms with Gasteiger partial charge in [0.05, 0.1) is 19.7 Å². The summed E-state index contributed by atoms with van der Waals surface area (Å²) in [4.78, 5) is 12.9. The fraction of sp³-hybridized carbons (Fsp3) is 0.565. The Morgan fingerprint density at radius 2 is 2.10 bits per heavy atom. The zero-order valence-corrected chi connectivity index (χ0v) is 17.7. The van der Waals surface area contributed by atoms with Crippen molar-refractivity contribution in [2.45, 2.75) is 70.6 Å². The summed E-state index contributed by atoms with van der Waals surface area (Å²) in [7, 11) is 0. The second-order valence-electron chi connectivity index (χ2n) is 8.15. The number of nitrogens with zero attached hydrogens (tertiary/aromatic N) is 2. The van der Waals surface area contributed by atoms with Crippen molar-refractivity contribution >= 4 is 5.97 Å². The van der Waals surface area contributed by atoms with Crippen molar-refractivity contribution in [2.24, 2.45) is 5.92 Å². The molecule has 5 nitrogen and oxygen atoms in total. The fourth-order valence-corrected chi connectivity index (χ4v) is 4.28. The smallest absolute Gasteiger partial charge is 0.343 e. The maximum Gasteiger partial charge on any atom is 0.343 e. The number of aryl methyl sites for hydroxylation is 2. The van der Waals surface area contributed by atoms with Gasteiger partial charge in [0, 0.05) is 32.1 Å². The molecule has 0 radical (unpaired) electrons.